The topological polar surface area (TPSA) is 62.4 Å². The van der Waals surface area contributed by atoms with Crippen molar-refractivity contribution in [2.75, 3.05) is 13.2 Å². The van der Waals surface area contributed by atoms with Gasteiger partial charge < -0.3 is 9.52 Å². The smallest absolute Gasteiger partial charge is 0.257 e. The van der Waals surface area contributed by atoms with Gasteiger partial charge in [0.2, 0.25) is 5.89 Å². The zero-order valence-corrected chi connectivity index (χ0v) is 12.1. The van der Waals surface area contributed by atoms with Gasteiger partial charge in [-0.1, -0.05) is 6.07 Å². The third-order valence-corrected chi connectivity index (χ3v) is 3.73. The van der Waals surface area contributed by atoms with Gasteiger partial charge in [-0.05, 0) is 31.7 Å². The Bertz CT molecular complexity index is 482. The Morgan fingerprint density at radius 3 is 2.89 bits per heavy atom. The fraction of sp³-hybridized carbons (Fsp3) is 0.538. The van der Waals surface area contributed by atoms with Gasteiger partial charge in [0.15, 0.2) is 0 Å². The van der Waals surface area contributed by atoms with Crippen LogP contribution in [0, 0.1) is 0 Å². The Morgan fingerprint density at radius 1 is 1.42 bits per heavy atom. The van der Waals surface area contributed by atoms with Crippen molar-refractivity contribution in [1.82, 2.24) is 15.1 Å². The first kappa shape index (κ1) is 14.2. The second kappa shape index (κ2) is 6.79. The predicted molar refractivity (Wildman–Crippen MR) is 74.9 cm³/mol. The van der Waals surface area contributed by atoms with E-state index in [0.717, 1.165) is 17.8 Å². The number of thiophene rings is 1. The highest BCUT2D eigenvalue weighted by atomic mass is 32.1. The van der Waals surface area contributed by atoms with Crippen molar-refractivity contribution in [1.29, 1.82) is 0 Å². The van der Waals surface area contributed by atoms with Crippen LogP contribution in [0.25, 0.3) is 10.8 Å². The highest BCUT2D eigenvalue weighted by molar-refractivity contribution is 7.13. The molecule has 104 valence electrons. The van der Waals surface area contributed by atoms with Gasteiger partial charge in [0, 0.05) is 19.2 Å². The molecule has 2 aromatic rings. The lowest BCUT2D eigenvalue weighted by Crippen LogP contribution is -2.31. The fourth-order valence-electron chi connectivity index (χ4n) is 1.78. The molecule has 0 unspecified atom stereocenters. The molecule has 0 radical (unpaired) electrons. The Labute approximate surface area is 116 Å². The molecule has 0 spiro atoms. The minimum Gasteiger partial charge on any atom is -0.419 e. The lowest BCUT2D eigenvalue weighted by molar-refractivity contribution is 0.171. The zero-order chi connectivity index (χ0) is 13.7. The Kier molecular flexibility index (Phi) is 5.07. The summed E-state index contributed by atoms with van der Waals surface area (Å²) in [5.41, 5.74) is 0. The normalized spacial score (nSPS) is 11.6. The van der Waals surface area contributed by atoms with Crippen LogP contribution in [0.4, 0.5) is 0 Å². The molecular formula is C13H19N3O2S. The van der Waals surface area contributed by atoms with E-state index >= 15 is 0 Å². The highest BCUT2D eigenvalue weighted by Crippen LogP contribution is 2.23. The largest absolute Gasteiger partial charge is 0.419 e. The van der Waals surface area contributed by atoms with Crippen LogP contribution in [-0.2, 0) is 6.54 Å². The molecule has 0 saturated carbocycles. The van der Waals surface area contributed by atoms with E-state index in [9.17, 15) is 0 Å². The summed E-state index contributed by atoms with van der Waals surface area (Å²) >= 11 is 1.59. The van der Waals surface area contributed by atoms with Crippen molar-refractivity contribution >= 4 is 11.3 Å². The number of aromatic nitrogens is 2. The van der Waals surface area contributed by atoms with E-state index in [-0.39, 0.29) is 6.61 Å². The first-order valence-electron chi connectivity index (χ1n) is 6.42. The highest BCUT2D eigenvalue weighted by Gasteiger charge is 2.15. The Balaban J connectivity index is 2.01. The molecular weight excluding hydrogens is 262 g/mol. The maximum atomic E-state index is 8.92. The van der Waals surface area contributed by atoms with E-state index in [1.807, 2.05) is 17.5 Å². The van der Waals surface area contributed by atoms with Crippen LogP contribution in [-0.4, -0.2) is 39.4 Å². The average Bonchev–Trinajstić information content (AvgIpc) is 3.04. The van der Waals surface area contributed by atoms with Crippen LogP contribution in [0.3, 0.4) is 0 Å². The molecule has 0 fully saturated rings. The van der Waals surface area contributed by atoms with Crippen molar-refractivity contribution in [2.45, 2.75) is 32.9 Å². The summed E-state index contributed by atoms with van der Waals surface area (Å²) < 4.78 is 5.67. The summed E-state index contributed by atoms with van der Waals surface area (Å²) in [5, 5.41) is 19.1. The predicted octanol–water partition coefficient (Wildman–Crippen LogP) is 2.39. The summed E-state index contributed by atoms with van der Waals surface area (Å²) in [4.78, 5) is 3.20. The van der Waals surface area contributed by atoms with Crippen molar-refractivity contribution < 1.29 is 9.52 Å². The summed E-state index contributed by atoms with van der Waals surface area (Å²) in [7, 11) is 0. The van der Waals surface area contributed by atoms with Gasteiger partial charge in [0.25, 0.3) is 5.89 Å². The van der Waals surface area contributed by atoms with E-state index in [0.29, 0.717) is 24.4 Å². The van der Waals surface area contributed by atoms with E-state index < -0.39 is 0 Å². The molecule has 2 aromatic heterocycles. The molecule has 0 saturated heterocycles. The Hall–Kier alpha value is -1.24. The Morgan fingerprint density at radius 2 is 2.26 bits per heavy atom. The minimum atomic E-state index is 0.202. The first-order chi connectivity index (χ1) is 9.20. The lowest BCUT2D eigenvalue weighted by atomic mass is 10.3. The molecule has 2 rings (SSSR count). The van der Waals surface area contributed by atoms with Crippen LogP contribution in [0.2, 0.25) is 0 Å². The van der Waals surface area contributed by atoms with Crippen molar-refractivity contribution in [3.8, 4) is 10.8 Å². The molecule has 0 aliphatic heterocycles. The van der Waals surface area contributed by atoms with E-state index in [4.69, 9.17) is 9.52 Å². The molecule has 6 heteroatoms. The number of aliphatic hydroxyl groups excluding tert-OH is 1. The lowest BCUT2D eigenvalue weighted by Gasteiger charge is -2.24. The third-order valence-electron chi connectivity index (χ3n) is 2.87. The monoisotopic (exact) mass is 281 g/mol. The summed E-state index contributed by atoms with van der Waals surface area (Å²) in [6, 6.07) is 4.31. The summed E-state index contributed by atoms with van der Waals surface area (Å²) in [6.07, 6.45) is 0.754. The standard InChI is InChI=1S/C13H19N3O2S/c1-10(2)16(6-4-7-17)9-12-14-15-13(18-12)11-5-3-8-19-11/h3,5,8,10,17H,4,6-7,9H2,1-2H3. The summed E-state index contributed by atoms with van der Waals surface area (Å²) in [5.74, 6) is 1.20. The number of hydrogen-bond acceptors (Lipinski definition) is 6. The van der Waals surface area contributed by atoms with Gasteiger partial charge in [-0.2, -0.15) is 0 Å². The second-order valence-corrected chi connectivity index (χ2v) is 5.57. The number of nitrogens with zero attached hydrogens (tertiary/aromatic N) is 3. The van der Waals surface area contributed by atoms with E-state index in [1.165, 1.54) is 0 Å². The van der Waals surface area contributed by atoms with Crippen molar-refractivity contribution in [3.05, 3.63) is 23.4 Å². The van der Waals surface area contributed by atoms with Gasteiger partial charge in [-0.3, -0.25) is 4.90 Å². The molecule has 2 heterocycles. The fourth-order valence-corrected chi connectivity index (χ4v) is 2.43. The van der Waals surface area contributed by atoms with Crippen LogP contribution < -0.4 is 0 Å². The molecule has 0 aliphatic rings. The van der Waals surface area contributed by atoms with Gasteiger partial charge in [0.1, 0.15) is 0 Å². The van der Waals surface area contributed by atoms with Crippen LogP contribution in [0.15, 0.2) is 21.9 Å². The molecule has 1 N–H and O–H groups in total. The number of rotatable bonds is 7. The SMILES string of the molecule is CC(C)N(CCCO)Cc1nnc(-c2cccs2)o1. The quantitative estimate of drug-likeness (QED) is 0.844. The molecule has 0 aromatic carbocycles. The minimum absolute atomic E-state index is 0.202. The van der Waals surface area contributed by atoms with Gasteiger partial charge in [-0.15, -0.1) is 21.5 Å². The molecule has 0 bridgehead atoms. The molecule has 5 nitrogen and oxygen atoms in total. The number of hydrogen-bond donors (Lipinski definition) is 1. The maximum Gasteiger partial charge on any atom is 0.257 e. The maximum absolute atomic E-state index is 8.92. The molecule has 0 atom stereocenters. The first-order valence-corrected chi connectivity index (χ1v) is 7.30. The third kappa shape index (κ3) is 3.86. The average molecular weight is 281 g/mol. The van der Waals surface area contributed by atoms with Crippen LogP contribution >= 0.6 is 11.3 Å². The van der Waals surface area contributed by atoms with Gasteiger partial charge in [0.05, 0.1) is 11.4 Å². The molecule has 0 aliphatic carbocycles. The molecule has 0 amide bonds. The van der Waals surface area contributed by atoms with Crippen molar-refractivity contribution in [3.63, 3.8) is 0 Å². The van der Waals surface area contributed by atoms with E-state index in [1.54, 1.807) is 11.3 Å². The number of aliphatic hydroxyl groups is 1. The zero-order valence-electron chi connectivity index (χ0n) is 11.2. The summed E-state index contributed by atoms with van der Waals surface area (Å²) in [6.45, 7) is 5.89. The van der Waals surface area contributed by atoms with Gasteiger partial charge in [-0.25, -0.2) is 0 Å². The van der Waals surface area contributed by atoms with Gasteiger partial charge >= 0.3 is 0 Å². The second-order valence-electron chi connectivity index (χ2n) is 4.62. The van der Waals surface area contributed by atoms with Crippen LogP contribution in [0.1, 0.15) is 26.2 Å². The van der Waals surface area contributed by atoms with E-state index in [2.05, 4.69) is 28.9 Å². The van der Waals surface area contributed by atoms with Crippen LogP contribution in [0.5, 0.6) is 0 Å². The molecule has 19 heavy (non-hydrogen) atoms. The van der Waals surface area contributed by atoms with Crippen molar-refractivity contribution in [2.24, 2.45) is 0 Å².